The van der Waals surface area contributed by atoms with Crippen LogP contribution in [0.2, 0.25) is 0 Å². The minimum absolute atomic E-state index is 0.0438. The number of aryl methyl sites for hydroxylation is 1. The summed E-state index contributed by atoms with van der Waals surface area (Å²) < 4.78 is 40.4. The number of carbonyl (C=O) groups is 1. The van der Waals surface area contributed by atoms with E-state index in [2.05, 4.69) is 58.7 Å². The summed E-state index contributed by atoms with van der Waals surface area (Å²) in [4.78, 5) is 21.9. The molecule has 1 saturated heterocycles. The summed E-state index contributed by atoms with van der Waals surface area (Å²) in [5, 5.41) is 0. The van der Waals surface area contributed by atoms with E-state index in [4.69, 9.17) is 0 Å². The fourth-order valence-electron chi connectivity index (χ4n) is 4.50. The fourth-order valence-corrected chi connectivity index (χ4v) is 6.45. The Morgan fingerprint density at radius 3 is 2.47 bits per heavy atom. The molecule has 1 fully saturated rings. The Hall–Kier alpha value is -1.20. The molecule has 3 heterocycles. The molecule has 0 N–H and O–H groups in total. The van der Waals surface area contributed by atoms with Gasteiger partial charge < -0.3 is 4.90 Å². The Morgan fingerprint density at radius 1 is 1.16 bits per heavy atom. The Kier molecular flexibility index (Phi) is 8.25. The lowest BCUT2D eigenvalue weighted by atomic mass is 9.84. The topological polar surface area (TPSA) is 36.4 Å². The third-order valence-corrected chi connectivity index (χ3v) is 8.39. The van der Waals surface area contributed by atoms with Crippen molar-refractivity contribution in [3.05, 3.63) is 43.4 Å². The lowest BCUT2D eigenvalue weighted by molar-refractivity contribution is -0.141. The van der Waals surface area contributed by atoms with Crippen molar-refractivity contribution < 1.29 is 18.0 Å². The third kappa shape index (κ3) is 5.64. The zero-order valence-electron chi connectivity index (χ0n) is 18.6. The normalized spacial score (nSPS) is 21.6. The number of aromatic nitrogens is 1. The van der Waals surface area contributed by atoms with E-state index >= 15 is 0 Å². The molecule has 4 nitrogen and oxygen atoms in total. The van der Waals surface area contributed by atoms with Gasteiger partial charge in [0.2, 0.25) is 5.91 Å². The van der Waals surface area contributed by atoms with Crippen LogP contribution in [0.15, 0.2) is 24.4 Å². The maximum atomic E-state index is 13.1. The second-order valence-electron chi connectivity index (χ2n) is 8.59. The van der Waals surface area contributed by atoms with Crippen LogP contribution in [0.25, 0.3) is 0 Å². The Morgan fingerprint density at radius 2 is 1.88 bits per heavy atom. The quantitative estimate of drug-likeness (QED) is 0.384. The monoisotopic (exact) mass is 579 g/mol. The number of amides is 1. The van der Waals surface area contributed by atoms with Gasteiger partial charge >= 0.3 is 6.18 Å². The van der Waals surface area contributed by atoms with E-state index in [9.17, 15) is 18.0 Å². The molecule has 1 atom stereocenters. The molecule has 0 unspecified atom stereocenters. The van der Waals surface area contributed by atoms with Crippen LogP contribution in [0.5, 0.6) is 0 Å². The van der Waals surface area contributed by atoms with Gasteiger partial charge in [-0.25, -0.2) is 4.98 Å². The van der Waals surface area contributed by atoms with Crippen LogP contribution in [0.3, 0.4) is 0 Å². The highest BCUT2D eigenvalue weighted by atomic mass is 127. The SMILES string of the molecule is Cc1cc(C(F)(F)F)ncc1N1CCC[C@](c2ccc(I)s2)(N(C)C)CCCCCC1=O. The summed E-state index contributed by atoms with van der Waals surface area (Å²) in [5.41, 5.74) is -0.144. The van der Waals surface area contributed by atoms with Gasteiger partial charge in [-0.1, -0.05) is 12.8 Å². The van der Waals surface area contributed by atoms with E-state index < -0.39 is 11.9 Å². The van der Waals surface area contributed by atoms with E-state index in [1.807, 2.05) is 0 Å². The lowest BCUT2D eigenvalue weighted by Crippen LogP contribution is -2.42. The number of alkyl halides is 3. The number of hydrogen-bond acceptors (Lipinski definition) is 4. The second-order valence-corrected chi connectivity index (χ2v) is 11.6. The average molecular weight is 579 g/mol. The summed E-state index contributed by atoms with van der Waals surface area (Å²) in [6.07, 6.45) is 2.48. The molecule has 0 spiro atoms. The predicted octanol–water partition coefficient (Wildman–Crippen LogP) is 6.61. The Balaban J connectivity index is 1.90. The van der Waals surface area contributed by atoms with E-state index in [-0.39, 0.29) is 11.4 Å². The van der Waals surface area contributed by atoms with Crippen molar-refractivity contribution in [3.8, 4) is 0 Å². The molecule has 2 aromatic rings. The van der Waals surface area contributed by atoms with Gasteiger partial charge in [0.15, 0.2) is 0 Å². The minimum atomic E-state index is -4.50. The van der Waals surface area contributed by atoms with Crippen LogP contribution in [0, 0.1) is 9.81 Å². The van der Waals surface area contributed by atoms with E-state index in [1.165, 1.54) is 14.0 Å². The van der Waals surface area contributed by atoms with Gasteiger partial charge in [0.25, 0.3) is 0 Å². The molecule has 1 aliphatic rings. The van der Waals surface area contributed by atoms with Crippen molar-refractivity contribution in [2.75, 3.05) is 25.5 Å². The Bertz CT molecular complexity index is 947. The van der Waals surface area contributed by atoms with Gasteiger partial charge in [-0.15, -0.1) is 11.3 Å². The van der Waals surface area contributed by atoms with Crippen molar-refractivity contribution in [3.63, 3.8) is 0 Å². The van der Waals surface area contributed by atoms with Gasteiger partial charge in [-0.05, 0) is 93.1 Å². The zero-order chi connectivity index (χ0) is 23.5. The number of pyridine rings is 1. The van der Waals surface area contributed by atoms with Gasteiger partial charge in [-0.3, -0.25) is 9.69 Å². The molecular formula is C23H29F3IN3OS. The molecular weight excluding hydrogens is 550 g/mol. The molecule has 0 saturated carbocycles. The molecule has 32 heavy (non-hydrogen) atoms. The number of rotatable bonds is 3. The maximum Gasteiger partial charge on any atom is 0.433 e. The van der Waals surface area contributed by atoms with Crippen LogP contribution >= 0.6 is 33.9 Å². The molecule has 2 aromatic heterocycles. The van der Waals surface area contributed by atoms with Gasteiger partial charge in [0, 0.05) is 17.8 Å². The predicted molar refractivity (Wildman–Crippen MR) is 131 cm³/mol. The Labute approximate surface area is 205 Å². The first-order valence-electron chi connectivity index (χ1n) is 10.8. The van der Waals surface area contributed by atoms with Gasteiger partial charge in [0.05, 0.1) is 20.3 Å². The molecule has 0 bridgehead atoms. The summed E-state index contributed by atoms with van der Waals surface area (Å²) in [7, 11) is 4.22. The molecule has 0 aliphatic carbocycles. The van der Waals surface area contributed by atoms with Gasteiger partial charge in [0.1, 0.15) is 5.69 Å². The van der Waals surface area contributed by atoms with E-state index in [0.717, 1.165) is 44.6 Å². The standard InChI is InChI=1S/C23H29F3IN3OS/c1-16-14-18(23(24,25)26)28-15-17(16)30-13-7-12-22(29(2)3,19-9-10-20(27)32-19)11-6-4-5-8-21(30)31/h9-10,14-15H,4-8,11-13H2,1-3H3/t22-/m1/s1. The van der Waals surface area contributed by atoms with Crippen LogP contribution in [-0.2, 0) is 16.5 Å². The van der Waals surface area contributed by atoms with Crippen molar-refractivity contribution in [1.82, 2.24) is 9.88 Å². The highest BCUT2D eigenvalue weighted by Gasteiger charge is 2.36. The number of carbonyl (C=O) groups excluding carboxylic acids is 1. The highest BCUT2D eigenvalue weighted by molar-refractivity contribution is 14.1. The number of hydrogen-bond donors (Lipinski definition) is 0. The molecule has 9 heteroatoms. The molecule has 3 rings (SSSR count). The second kappa shape index (κ2) is 10.4. The van der Waals surface area contributed by atoms with Crippen molar-refractivity contribution in [2.45, 2.75) is 63.6 Å². The largest absolute Gasteiger partial charge is 0.433 e. The van der Waals surface area contributed by atoms with Crippen LogP contribution < -0.4 is 4.90 Å². The van der Waals surface area contributed by atoms with Crippen LogP contribution in [-0.4, -0.2) is 36.4 Å². The van der Waals surface area contributed by atoms with E-state index in [1.54, 1.807) is 23.2 Å². The first-order valence-corrected chi connectivity index (χ1v) is 12.7. The fraction of sp³-hybridized carbons (Fsp3) is 0.565. The molecule has 176 valence electrons. The molecule has 0 aromatic carbocycles. The smallest absolute Gasteiger partial charge is 0.311 e. The number of thiophene rings is 1. The maximum absolute atomic E-state index is 13.1. The average Bonchev–Trinajstić information content (AvgIpc) is 3.13. The van der Waals surface area contributed by atoms with Gasteiger partial charge in [-0.2, -0.15) is 13.2 Å². The lowest BCUT2D eigenvalue weighted by Gasteiger charge is -2.40. The molecule has 1 aliphatic heterocycles. The summed E-state index contributed by atoms with van der Waals surface area (Å²) in [6.45, 7) is 2.08. The third-order valence-electron chi connectivity index (χ3n) is 6.31. The summed E-state index contributed by atoms with van der Waals surface area (Å²) >= 11 is 4.16. The van der Waals surface area contributed by atoms with Crippen LogP contribution in [0.4, 0.5) is 18.9 Å². The first-order chi connectivity index (χ1) is 15.0. The first kappa shape index (κ1) is 25.4. The van der Waals surface area contributed by atoms with Crippen LogP contribution in [0.1, 0.15) is 61.1 Å². The summed E-state index contributed by atoms with van der Waals surface area (Å²) in [5.74, 6) is -0.0438. The number of anilines is 1. The summed E-state index contributed by atoms with van der Waals surface area (Å²) in [6, 6.07) is 5.38. The number of halogens is 4. The van der Waals surface area contributed by atoms with E-state index in [0.29, 0.717) is 24.2 Å². The molecule has 0 radical (unpaired) electrons. The number of nitrogens with zero attached hydrogens (tertiary/aromatic N) is 3. The van der Waals surface area contributed by atoms with Crippen molar-refractivity contribution >= 4 is 45.5 Å². The van der Waals surface area contributed by atoms with Crippen molar-refractivity contribution in [2.24, 2.45) is 0 Å². The molecule has 1 amide bonds. The zero-order valence-corrected chi connectivity index (χ0v) is 21.6. The van der Waals surface area contributed by atoms with Crippen molar-refractivity contribution in [1.29, 1.82) is 0 Å². The highest BCUT2D eigenvalue weighted by Crippen LogP contribution is 2.41. The minimum Gasteiger partial charge on any atom is -0.311 e.